The van der Waals surface area contributed by atoms with Crippen molar-refractivity contribution in [3.63, 3.8) is 0 Å². The van der Waals surface area contributed by atoms with E-state index in [4.69, 9.17) is 0 Å². The first-order valence-electron chi connectivity index (χ1n) is 8.42. The van der Waals surface area contributed by atoms with E-state index in [2.05, 4.69) is 10.1 Å². The Labute approximate surface area is 171 Å². The van der Waals surface area contributed by atoms with Crippen LogP contribution in [0.2, 0.25) is 0 Å². The highest BCUT2D eigenvalue weighted by Crippen LogP contribution is 2.35. The Bertz CT molecular complexity index is 1010. The molecule has 0 bridgehead atoms. The topological polar surface area (TPSA) is 111 Å². The first kappa shape index (κ1) is 23.5. The molecule has 0 radical (unpaired) electrons. The van der Waals surface area contributed by atoms with Crippen LogP contribution in [0.4, 0.5) is 39.0 Å². The van der Waals surface area contributed by atoms with Gasteiger partial charge in [0.05, 0.1) is 16.2 Å². The maximum Gasteiger partial charge on any atom is 0.416 e. The van der Waals surface area contributed by atoms with E-state index in [0.717, 1.165) is 18.2 Å². The third-order valence-electron chi connectivity index (χ3n) is 3.80. The molecule has 1 amide bonds. The lowest BCUT2D eigenvalue weighted by molar-refractivity contribution is -0.384. The molecule has 13 heteroatoms. The minimum absolute atomic E-state index is 0.307. The number of nitrogens with zero attached hydrogens (tertiary/aromatic N) is 1. The highest BCUT2D eigenvalue weighted by Gasteiger charge is 2.33. The fourth-order valence-electron chi connectivity index (χ4n) is 2.31. The van der Waals surface area contributed by atoms with Gasteiger partial charge in [0.1, 0.15) is 23.4 Å². The second-order valence-electron chi connectivity index (χ2n) is 6.13. The molecule has 0 spiro atoms. The van der Waals surface area contributed by atoms with Gasteiger partial charge in [-0.15, -0.1) is 0 Å². The van der Waals surface area contributed by atoms with Crippen LogP contribution in [0.15, 0.2) is 36.4 Å². The molecular formula is C18H14F5N3O5. The molecule has 0 saturated heterocycles. The lowest BCUT2D eigenvalue weighted by Crippen LogP contribution is -2.31. The summed E-state index contributed by atoms with van der Waals surface area (Å²) in [7, 11) is 0. The van der Waals surface area contributed by atoms with Crippen LogP contribution in [-0.4, -0.2) is 29.4 Å². The average Bonchev–Trinajstić information content (AvgIpc) is 2.68. The molecule has 2 rings (SSSR count). The van der Waals surface area contributed by atoms with Crippen LogP contribution in [0.3, 0.4) is 0 Å². The minimum Gasteiger partial charge on any atom is -0.454 e. The molecule has 0 aliphatic rings. The third kappa shape index (κ3) is 6.35. The normalized spacial score (nSPS) is 12.1. The van der Waals surface area contributed by atoms with Gasteiger partial charge in [-0.1, -0.05) is 0 Å². The van der Waals surface area contributed by atoms with Crippen LogP contribution in [0, 0.1) is 21.7 Å². The Balaban J connectivity index is 2.00. The standard InChI is InChI=1S/C18H14F5N3O5/c1-9(24-13-5-2-10(18(21,22)23)6-15(13)26(29)30)17(28)31-8-16(27)25-14-7-11(19)3-4-12(14)20/h2-7,9,24H,8H2,1H3,(H,25,27)/t9-/m0/s1. The molecule has 0 unspecified atom stereocenters. The van der Waals surface area contributed by atoms with E-state index in [-0.39, 0.29) is 5.69 Å². The summed E-state index contributed by atoms with van der Waals surface area (Å²) in [6.07, 6.45) is -4.80. The third-order valence-corrected chi connectivity index (χ3v) is 3.80. The fraction of sp³-hybridized carbons (Fsp3) is 0.222. The number of anilines is 2. The zero-order chi connectivity index (χ0) is 23.3. The molecule has 1 atom stereocenters. The molecule has 0 aliphatic heterocycles. The van der Waals surface area contributed by atoms with E-state index < -0.39 is 64.2 Å². The monoisotopic (exact) mass is 447 g/mol. The molecule has 8 nitrogen and oxygen atoms in total. The number of nitrogens with one attached hydrogen (secondary N) is 2. The van der Waals surface area contributed by atoms with Crippen LogP contribution < -0.4 is 10.6 Å². The number of benzene rings is 2. The summed E-state index contributed by atoms with van der Waals surface area (Å²) in [4.78, 5) is 33.7. The smallest absolute Gasteiger partial charge is 0.416 e. The maximum atomic E-state index is 13.5. The van der Waals surface area contributed by atoms with Crippen molar-refractivity contribution >= 4 is 28.9 Å². The summed E-state index contributed by atoms with van der Waals surface area (Å²) in [5, 5.41) is 15.4. The Kier molecular flexibility index (Phi) is 7.10. The van der Waals surface area contributed by atoms with Crippen molar-refractivity contribution in [2.75, 3.05) is 17.2 Å². The van der Waals surface area contributed by atoms with E-state index in [0.29, 0.717) is 18.2 Å². The quantitative estimate of drug-likeness (QED) is 0.289. The lowest BCUT2D eigenvalue weighted by Gasteiger charge is -2.15. The van der Waals surface area contributed by atoms with Crippen molar-refractivity contribution in [1.82, 2.24) is 0 Å². The molecular weight excluding hydrogens is 433 g/mol. The highest BCUT2D eigenvalue weighted by molar-refractivity contribution is 5.93. The van der Waals surface area contributed by atoms with Crippen molar-refractivity contribution in [1.29, 1.82) is 0 Å². The average molecular weight is 447 g/mol. The molecule has 0 aliphatic carbocycles. The summed E-state index contributed by atoms with van der Waals surface area (Å²) in [5.41, 5.74) is -3.03. The largest absolute Gasteiger partial charge is 0.454 e. The van der Waals surface area contributed by atoms with Crippen LogP contribution in [0.5, 0.6) is 0 Å². The number of amides is 1. The number of carbonyl (C=O) groups is 2. The number of rotatable bonds is 7. The van der Waals surface area contributed by atoms with Crippen LogP contribution >= 0.6 is 0 Å². The van der Waals surface area contributed by atoms with E-state index in [1.54, 1.807) is 0 Å². The van der Waals surface area contributed by atoms with Crippen molar-refractivity contribution in [2.24, 2.45) is 0 Å². The van der Waals surface area contributed by atoms with E-state index in [1.165, 1.54) is 6.92 Å². The fourth-order valence-corrected chi connectivity index (χ4v) is 2.31. The molecule has 0 aromatic heterocycles. The van der Waals surface area contributed by atoms with Crippen molar-refractivity contribution in [2.45, 2.75) is 19.1 Å². The first-order valence-corrected chi connectivity index (χ1v) is 8.42. The molecule has 0 saturated carbocycles. The molecule has 166 valence electrons. The van der Waals surface area contributed by atoms with Crippen molar-refractivity contribution < 1.29 is 41.2 Å². The molecule has 0 fully saturated rings. The van der Waals surface area contributed by atoms with Gasteiger partial charge < -0.3 is 15.4 Å². The van der Waals surface area contributed by atoms with Gasteiger partial charge in [0, 0.05) is 12.1 Å². The number of nitro benzene ring substituents is 1. The van der Waals surface area contributed by atoms with Gasteiger partial charge >= 0.3 is 12.1 Å². The van der Waals surface area contributed by atoms with Crippen molar-refractivity contribution in [3.05, 3.63) is 63.7 Å². The Morgan fingerprint density at radius 3 is 2.42 bits per heavy atom. The number of ether oxygens (including phenoxy) is 1. The second-order valence-corrected chi connectivity index (χ2v) is 6.13. The first-order chi connectivity index (χ1) is 14.4. The van der Waals surface area contributed by atoms with Crippen LogP contribution in [0.1, 0.15) is 12.5 Å². The summed E-state index contributed by atoms with van der Waals surface area (Å²) in [6.45, 7) is 0.295. The Morgan fingerprint density at radius 2 is 1.81 bits per heavy atom. The summed E-state index contributed by atoms with van der Waals surface area (Å²) in [5.74, 6) is -3.81. The van der Waals surface area contributed by atoms with Gasteiger partial charge in [-0.2, -0.15) is 13.2 Å². The van der Waals surface area contributed by atoms with Gasteiger partial charge in [0.15, 0.2) is 6.61 Å². The summed E-state index contributed by atoms with van der Waals surface area (Å²) >= 11 is 0. The number of halogens is 5. The van der Waals surface area contributed by atoms with Gasteiger partial charge in [-0.25, -0.2) is 13.6 Å². The van der Waals surface area contributed by atoms with Crippen molar-refractivity contribution in [3.8, 4) is 0 Å². The highest BCUT2D eigenvalue weighted by atomic mass is 19.4. The summed E-state index contributed by atoms with van der Waals surface area (Å²) < 4.78 is 69.4. The SMILES string of the molecule is C[C@H](Nc1ccc(C(F)(F)F)cc1[N+](=O)[O-])C(=O)OCC(=O)Nc1cc(F)ccc1F. The number of esters is 1. The lowest BCUT2D eigenvalue weighted by atomic mass is 10.1. The Morgan fingerprint density at radius 1 is 1.13 bits per heavy atom. The molecule has 0 heterocycles. The number of hydrogen-bond donors (Lipinski definition) is 2. The zero-order valence-electron chi connectivity index (χ0n) is 15.6. The van der Waals surface area contributed by atoms with Gasteiger partial charge in [0.25, 0.3) is 11.6 Å². The maximum absolute atomic E-state index is 13.5. The van der Waals surface area contributed by atoms with Gasteiger partial charge in [0.2, 0.25) is 0 Å². The van der Waals surface area contributed by atoms with Gasteiger partial charge in [-0.3, -0.25) is 14.9 Å². The predicted octanol–water partition coefficient (Wildman–Crippen LogP) is 3.87. The number of hydrogen-bond acceptors (Lipinski definition) is 6. The molecule has 2 N–H and O–H groups in total. The van der Waals surface area contributed by atoms with E-state index in [1.807, 2.05) is 5.32 Å². The minimum atomic E-state index is -4.80. The molecule has 31 heavy (non-hydrogen) atoms. The number of nitro groups is 1. The summed E-state index contributed by atoms with van der Waals surface area (Å²) in [6, 6.07) is 2.70. The molecule has 2 aromatic carbocycles. The second kappa shape index (κ2) is 9.36. The number of carbonyl (C=O) groups excluding carboxylic acids is 2. The predicted molar refractivity (Wildman–Crippen MR) is 97.1 cm³/mol. The van der Waals surface area contributed by atoms with Crippen LogP contribution in [-0.2, 0) is 20.5 Å². The van der Waals surface area contributed by atoms with E-state index >= 15 is 0 Å². The van der Waals surface area contributed by atoms with E-state index in [9.17, 15) is 41.7 Å². The van der Waals surface area contributed by atoms with Crippen LogP contribution in [0.25, 0.3) is 0 Å². The number of alkyl halides is 3. The van der Waals surface area contributed by atoms with Gasteiger partial charge in [-0.05, 0) is 31.2 Å². The molecule has 2 aromatic rings. The zero-order valence-corrected chi connectivity index (χ0v) is 15.6. The Hall–Kier alpha value is -3.77.